The van der Waals surface area contributed by atoms with Crippen LogP contribution in [0.3, 0.4) is 0 Å². The Hall–Kier alpha value is -1.29. The van der Waals surface area contributed by atoms with Gasteiger partial charge in [0.25, 0.3) is 0 Å². The smallest absolute Gasteiger partial charge is 0.148 e. The number of nitrogens with one attached hydrogen (secondary N) is 1. The van der Waals surface area contributed by atoms with Crippen LogP contribution in [0.5, 0.6) is 0 Å². The van der Waals surface area contributed by atoms with Gasteiger partial charge in [-0.2, -0.15) is 0 Å². The largest absolute Gasteiger partial charge is 0.397 e. The van der Waals surface area contributed by atoms with E-state index in [1.54, 1.807) is 12.1 Å². The van der Waals surface area contributed by atoms with Gasteiger partial charge in [0, 0.05) is 6.54 Å². The zero-order valence-electron chi connectivity index (χ0n) is 9.26. The molecule has 1 rings (SSSR count). The molecule has 3 nitrogen and oxygen atoms in total. The highest BCUT2D eigenvalue weighted by Gasteiger charge is 2.04. The molecule has 0 aliphatic rings. The predicted molar refractivity (Wildman–Crippen MR) is 62.5 cm³/mol. The number of para-hydroxylation sites is 1. The molecular weight excluding hydrogens is 193 g/mol. The van der Waals surface area contributed by atoms with Gasteiger partial charge in [-0.1, -0.05) is 6.07 Å². The first-order valence-corrected chi connectivity index (χ1v) is 5.04. The van der Waals surface area contributed by atoms with Crippen molar-refractivity contribution in [1.82, 2.24) is 4.90 Å². The van der Waals surface area contributed by atoms with E-state index in [0.717, 1.165) is 19.5 Å². The molecule has 0 spiro atoms. The molecule has 0 heterocycles. The molecule has 1 aromatic rings. The molecule has 0 unspecified atom stereocenters. The standard InChI is InChI=1S/C11H18FN3/c1-15(2)8-4-7-14-11-9(12)5-3-6-10(11)13/h3,5-6,14H,4,7-8,13H2,1-2H3. The van der Waals surface area contributed by atoms with E-state index in [0.29, 0.717) is 11.4 Å². The van der Waals surface area contributed by atoms with Gasteiger partial charge < -0.3 is 16.0 Å². The van der Waals surface area contributed by atoms with Crippen molar-refractivity contribution in [2.45, 2.75) is 6.42 Å². The van der Waals surface area contributed by atoms with Crippen LogP contribution in [0.1, 0.15) is 6.42 Å². The first-order chi connectivity index (χ1) is 7.11. The molecule has 0 radical (unpaired) electrons. The molecule has 15 heavy (non-hydrogen) atoms. The van der Waals surface area contributed by atoms with Crippen LogP contribution in [0.4, 0.5) is 15.8 Å². The van der Waals surface area contributed by atoms with Gasteiger partial charge >= 0.3 is 0 Å². The molecule has 0 bridgehead atoms. The summed E-state index contributed by atoms with van der Waals surface area (Å²) in [4.78, 5) is 2.09. The monoisotopic (exact) mass is 211 g/mol. The number of anilines is 2. The van der Waals surface area contributed by atoms with Crippen molar-refractivity contribution in [1.29, 1.82) is 0 Å². The second-order valence-corrected chi connectivity index (χ2v) is 3.79. The third-order valence-electron chi connectivity index (χ3n) is 2.13. The van der Waals surface area contributed by atoms with Crippen LogP contribution in [0.25, 0.3) is 0 Å². The number of nitrogens with two attached hydrogens (primary N) is 1. The van der Waals surface area contributed by atoms with E-state index in [1.807, 2.05) is 14.1 Å². The number of hydrogen-bond acceptors (Lipinski definition) is 3. The minimum Gasteiger partial charge on any atom is -0.397 e. The molecule has 1 aromatic carbocycles. The summed E-state index contributed by atoms with van der Waals surface area (Å²) in [5, 5.41) is 3.01. The molecule has 3 N–H and O–H groups in total. The number of hydrogen-bond donors (Lipinski definition) is 2. The third kappa shape index (κ3) is 3.75. The highest BCUT2D eigenvalue weighted by atomic mass is 19.1. The van der Waals surface area contributed by atoms with Crippen LogP contribution in [0.2, 0.25) is 0 Å². The van der Waals surface area contributed by atoms with E-state index in [9.17, 15) is 4.39 Å². The molecule has 0 atom stereocenters. The van der Waals surface area contributed by atoms with Gasteiger partial charge in [0.05, 0.1) is 11.4 Å². The maximum absolute atomic E-state index is 13.3. The Bertz CT molecular complexity index is 292. The Labute approximate surface area is 90.1 Å². The van der Waals surface area contributed by atoms with Crippen LogP contribution in [-0.4, -0.2) is 32.1 Å². The average Bonchev–Trinajstić information content (AvgIpc) is 2.15. The molecular formula is C11H18FN3. The second-order valence-electron chi connectivity index (χ2n) is 3.79. The van der Waals surface area contributed by atoms with E-state index in [2.05, 4.69) is 10.2 Å². The molecule has 4 heteroatoms. The van der Waals surface area contributed by atoms with Crippen molar-refractivity contribution >= 4 is 11.4 Å². The molecule has 0 saturated carbocycles. The maximum Gasteiger partial charge on any atom is 0.148 e. The van der Waals surface area contributed by atoms with Gasteiger partial charge in [-0.25, -0.2) is 4.39 Å². The van der Waals surface area contributed by atoms with Gasteiger partial charge in [-0.05, 0) is 39.2 Å². The Morgan fingerprint density at radius 3 is 2.73 bits per heavy atom. The fourth-order valence-electron chi connectivity index (χ4n) is 1.34. The molecule has 0 amide bonds. The van der Waals surface area contributed by atoms with Crippen molar-refractivity contribution in [2.75, 3.05) is 38.2 Å². The summed E-state index contributed by atoms with van der Waals surface area (Å²) in [5.41, 5.74) is 6.52. The third-order valence-corrected chi connectivity index (χ3v) is 2.13. The molecule has 0 aliphatic carbocycles. The van der Waals surface area contributed by atoms with E-state index >= 15 is 0 Å². The summed E-state index contributed by atoms with van der Waals surface area (Å²) in [6, 6.07) is 4.71. The Morgan fingerprint density at radius 1 is 1.40 bits per heavy atom. The van der Waals surface area contributed by atoms with Gasteiger partial charge in [0.2, 0.25) is 0 Å². The molecule has 0 fully saturated rings. The van der Waals surface area contributed by atoms with E-state index in [-0.39, 0.29) is 5.82 Å². The molecule has 84 valence electrons. The average molecular weight is 211 g/mol. The lowest BCUT2D eigenvalue weighted by Gasteiger charge is -2.12. The van der Waals surface area contributed by atoms with Gasteiger partial charge in [0.15, 0.2) is 0 Å². The Kier molecular flexibility index (Phi) is 4.37. The van der Waals surface area contributed by atoms with E-state index in [4.69, 9.17) is 5.73 Å². The van der Waals surface area contributed by atoms with Crippen LogP contribution in [-0.2, 0) is 0 Å². The Balaban J connectivity index is 2.43. The van der Waals surface area contributed by atoms with Crippen molar-refractivity contribution in [3.8, 4) is 0 Å². The SMILES string of the molecule is CN(C)CCCNc1c(N)cccc1F. The zero-order valence-corrected chi connectivity index (χ0v) is 9.26. The lowest BCUT2D eigenvalue weighted by Crippen LogP contribution is -2.17. The van der Waals surface area contributed by atoms with Crippen LogP contribution in [0, 0.1) is 5.82 Å². The lowest BCUT2D eigenvalue weighted by atomic mass is 10.2. The van der Waals surface area contributed by atoms with E-state index < -0.39 is 0 Å². The van der Waals surface area contributed by atoms with Crippen LogP contribution >= 0.6 is 0 Å². The minimum atomic E-state index is -0.292. The Morgan fingerprint density at radius 2 is 2.13 bits per heavy atom. The quantitative estimate of drug-likeness (QED) is 0.576. The van der Waals surface area contributed by atoms with Crippen molar-refractivity contribution < 1.29 is 4.39 Å². The number of nitrogen functional groups attached to an aromatic ring is 1. The summed E-state index contributed by atoms with van der Waals surface area (Å²) in [7, 11) is 4.02. The summed E-state index contributed by atoms with van der Waals surface area (Å²) < 4.78 is 13.3. The molecule has 0 saturated heterocycles. The number of nitrogens with zero attached hydrogens (tertiary/aromatic N) is 1. The summed E-state index contributed by atoms with van der Waals surface area (Å²) in [6.45, 7) is 1.70. The fourth-order valence-corrected chi connectivity index (χ4v) is 1.34. The topological polar surface area (TPSA) is 41.3 Å². The molecule has 0 aliphatic heterocycles. The first kappa shape index (κ1) is 11.8. The van der Waals surface area contributed by atoms with Gasteiger partial charge in [-0.3, -0.25) is 0 Å². The number of benzene rings is 1. The summed E-state index contributed by atoms with van der Waals surface area (Å²) in [6.07, 6.45) is 0.959. The van der Waals surface area contributed by atoms with E-state index in [1.165, 1.54) is 6.07 Å². The fraction of sp³-hybridized carbons (Fsp3) is 0.455. The minimum absolute atomic E-state index is 0.292. The van der Waals surface area contributed by atoms with Crippen LogP contribution in [0.15, 0.2) is 18.2 Å². The predicted octanol–water partition coefficient (Wildman–Crippen LogP) is 1.77. The van der Waals surface area contributed by atoms with Crippen LogP contribution < -0.4 is 11.1 Å². The first-order valence-electron chi connectivity index (χ1n) is 5.04. The van der Waals surface area contributed by atoms with Crippen molar-refractivity contribution in [2.24, 2.45) is 0 Å². The molecule has 0 aromatic heterocycles. The summed E-state index contributed by atoms with van der Waals surface area (Å²) in [5.74, 6) is -0.292. The zero-order chi connectivity index (χ0) is 11.3. The maximum atomic E-state index is 13.3. The lowest BCUT2D eigenvalue weighted by molar-refractivity contribution is 0.405. The highest BCUT2D eigenvalue weighted by Crippen LogP contribution is 2.21. The number of halogens is 1. The van der Waals surface area contributed by atoms with Gasteiger partial charge in [0.1, 0.15) is 5.82 Å². The highest BCUT2D eigenvalue weighted by molar-refractivity contribution is 5.66. The second kappa shape index (κ2) is 5.56. The van der Waals surface area contributed by atoms with Crippen molar-refractivity contribution in [3.63, 3.8) is 0 Å². The number of rotatable bonds is 5. The van der Waals surface area contributed by atoms with Gasteiger partial charge in [-0.15, -0.1) is 0 Å². The summed E-state index contributed by atoms with van der Waals surface area (Å²) >= 11 is 0. The normalized spacial score (nSPS) is 10.7. The van der Waals surface area contributed by atoms with Crippen molar-refractivity contribution in [3.05, 3.63) is 24.0 Å².